The van der Waals surface area contributed by atoms with E-state index in [1.807, 2.05) is 13.0 Å². The van der Waals surface area contributed by atoms with Gasteiger partial charge in [0, 0.05) is 5.46 Å². The molecule has 0 atom stereocenters. The number of nitrogens with zero attached hydrogens (tertiary/aromatic N) is 1. The maximum absolute atomic E-state index is 9.05. The molecular weight excluding hydrogens is 185 g/mol. The molecule has 0 spiro atoms. The molecule has 3 nitrogen and oxygen atoms in total. The first-order valence-electron chi connectivity index (χ1n) is 3.90. The van der Waals surface area contributed by atoms with E-state index < -0.39 is 7.12 Å². The zero-order valence-corrected chi connectivity index (χ0v) is 7.88. The Bertz CT molecular complexity index is 441. The van der Waals surface area contributed by atoms with Crippen molar-refractivity contribution in [3.63, 3.8) is 0 Å². The van der Waals surface area contributed by atoms with Crippen LogP contribution in [0.15, 0.2) is 18.2 Å². The van der Waals surface area contributed by atoms with Crippen molar-refractivity contribution in [3.05, 3.63) is 23.2 Å². The van der Waals surface area contributed by atoms with Gasteiger partial charge in [-0.3, -0.25) is 0 Å². The molecule has 66 valence electrons. The number of para-hydroxylation sites is 1. The molecule has 0 unspecified atom stereocenters. The second-order valence-electron chi connectivity index (χ2n) is 2.80. The predicted molar refractivity (Wildman–Crippen MR) is 54.2 cm³/mol. The molecule has 5 heteroatoms. The molecule has 1 aromatic heterocycles. The lowest BCUT2D eigenvalue weighted by atomic mass is 9.79. The number of aryl methyl sites for hydroxylation is 1. The number of thiazole rings is 1. The number of hydrogen-bond acceptors (Lipinski definition) is 4. The van der Waals surface area contributed by atoms with Crippen LogP contribution >= 0.6 is 11.3 Å². The topological polar surface area (TPSA) is 53.4 Å². The van der Waals surface area contributed by atoms with E-state index >= 15 is 0 Å². The third-order valence-corrected chi connectivity index (χ3v) is 2.77. The highest BCUT2D eigenvalue weighted by molar-refractivity contribution is 7.18. The number of aromatic nitrogens is 1. The summed E-state index contributed by atoms with van der Waals surface area (Å²) in [7, 11) is -1.44. The molecule has 0 aliphatic heterocycles. The maximum Gasteiger partial charge on any atom is 0.490 e. The zero-order chi connectivity index (χ0) is 9.42. The summed E-state index contributed by atoms with van der Waals surface area (Å²) in [6.45, 7) is 1.90. The molecule has 2 rings (SSSR count). The van der Waals surface area contributed by atoms with Crippen molar-refractivity contribution in [2.75, 3.05) is 0 Å². The second kappa shape index (κ2) is 3.10. The largest absolute Gasteiger partial charge is 0.490 e. The summed E-state index contributed by atoms with van der Waals surface area (Å²) in [5, 5.41) is 19.0. The van der Waals surface area contributed by atoms with Crippen molar-refractivity contribution in [1.29, 1.82) is 0 Å². The van der Waals surface area contributed by atoms with Gasteiger partial charge in [0.2, 0.25) is 0 Å². The summed E-state index contributed by atoms with van der Waals surface area (Å²) < 4.78 is 0.989. The highest BCUT2D eigenvalue weighted by Gasteiger charge is 2.16. The van der Waals surface area contributed by atoms with E-state index in [1.165, 1.54) is 0 Å². The Kier molecular flexibility index (Phi) is 2.07. The van der Waals surface area contributed by atoms with Crippen LogP contribution in [0.4, 0.5) is 0 Å². The van der Waals surface area contributed by atoms with E-state index in [4.69, 9.17) is 10.0 Å². The monoisotopic (exact) mass is 193 g/mol. The van der Waals surface area contributed by atoms with Gasteiger partial charge in [-0.1, -0.05) is 12.1 Å². The fourth-order valence-electron chi connectivity index (χ4n) is 1.29. The first-order valence-corrected chi connectivity index (χ1v) is 4.72. The molecule has 0 saturated carbocycles. The molecule has 0 saturated heterocycles. The van der Waals surface area contributed by atoms with Gasteiger partial charge in [0.05, 0.1) is 15.2 Å². The first-order chi connectivity index (χ1) is 6.18. The molecule has 13 heavy (non-hydrogen) atoms. The normalized spacial score (nSPS) is 10.7. The zero-order valence-electron chi connectivity index (χ0n) is 7.06. The molecular formula is C8H8BNO2S. The number of benzene rings is 1. The highest BCUT2D eigenvalue weighted by atomic mass is 32.1. The SMILES string of the molecule is Cc1nc2c(B(O)O)cccc2s1. The fraction of sp³-hybridized carbons (Fsp3) is 0.125. The Hall–Kier alpha value is -0.905. The summed E-state index contributed by atoms with van der Waals surface area (Å²) in [4.78, 5) is 4.23. The average Bonchev–Trinajstić information content (AvgIpc) is 2.43. The molecule has 2 N–H and O–H groups in total. The van der Waals surface area contributed by atoms with Crippen molar-refractivity contribution in [3.8, 4) is 0 Å². The standard InChI is InChI=1S/C8H8BNO2S/c1-5-10-8-6(9(11)12)3-2-4-7(8)13-5/h2-4,11-12H,1H3. The van der Waals surface area contributed by atoms with Crippen LogP contribution in [0.1, 0.15) is 5.01 Å². The van der Waals surface area contributed by atoms with Crippen LogP contribution < -0.4 is 5.46 Å². The smallest absolute Gasteiger partial charge is 0.423 e. The summed E-state index contributed by atoms with van der Waals surface area (Å²) >= 11 is 1.55. The summed E-state index contributed by atoms with van der Waals surface area (Å²) in [6, 6.07) is 5.40. The van der Waals surface area contributed by atoms with E-state index in [0.29, 0.717) is 11.0 Å². The minimum Gasteiger partial charge on any atom is -0.423 e. The van der Waals surface area contributed by atoms with Crippen molar-refractivity contribution >= 4 is 34.1 Å². The summed E-state index contributed by atoms with van der Waals surface area (Å²) in [5.41, 5.74) is 1.17. The third kappa shape index (κ3) is 1.46. The van der Waals surface area contributed by atoms with Crippen molar-refractivity contribution in [1.82, 2.24) is 4.98 Å². The molecule has 0 radical (unpaired) electrons. The van der Waals surface area contributed by atoms with Crippen LogP contribution in [-0.4, -0.2) is 22.2 Å². The van der Waals surface area contributed by atoms with Gasteiger partial charge >= 0.3 is 7.12 Å². The first kappa shape index (κ1) is 8.68. The third-order valence-electron chi connectivity index (χ3n) is 1.84. The van der Waals surface area contributed by atoms with Gasteiger partial charge in [0.25, 0.3) is 0 Å². The van der Waals surface area contributed by atoms with E-state index in [-0.39, 0.29) is 0 Å². The molecule has 0 aliphatic carbocycles. The molecule has 2 aromatic rings. The Morgan fingerprint density at radius 1 is 1.38 bits per heavy atom. The van der Waals surface area contributed by atoms with Gasteiger partial charge in [-0.2, -0.15) is 0 Å². The van der Waals surface area contributed by atoms with Gasteiger partial charge in [-0.15, -0.1) is 11.3 Å². The van der Waals surface area contributed by atoms with Gasteiger partial charge < -0.3 is 10.0 Å². The van der Waals surface area contributed by atoms with Crippen LogP contribution in [0.5, 0.6) is 0 Å². The second-order valence-corrected chi connectivity index (χ2v) is 4.04. The lowest BCUT2D eigenvalue weighted by Gasteiger charge is -1.98. The fourth-order valence-corrected chi connectivity index (χ4v) is 2.15. The van der Waals surface area contributed by atoms with Crippen LogP contribution in [0.3, 0.4) is 0 Å². The minimum atomic E-state index is -1.44. The van der Waals surface area contributed by atoms with Crippen LogP contribution in [-0.2, 0) is 0 Å². The Labute approximate surface area is 79.8 Å². The molecule has 0 bridgehead atoms. The Balaban J connectivity index is 2.75. The van der Waals surface area contributed by atoms with E-state index in [1.54, 1.807) is 23.5 Å². The Morgan fingerprint density at radius 3 is 2.85 bits per heavy atom. The van der Waals surface area contributed by atoms with E-state index in [9.17, 15) is 0 Å². The lowest BCUT2D eigenvalue weighted by molar-refractivity contribution is 0.426. The molecule has 0 amide bonds. The summed E-state index contributed by atoms with van der Waals surface area (Å²) in [6.07, 6.45) is 0. The summed E-state index contributed by atoms with van der Waals surface area (Å²) in [5.74, 6) is 0. The van der Waals surface area contributed by atoms with Crippen molar-refractivity contribution in [2.24, 2.45) is 0 Å². The predicted octanol–water partition coefficient (Wildman–Crippen LogP) is 0.285. The average molecular weight is 193 g/mol. The molecule has 1 heterocycles. The van der Waals surface area contributed by atoms with Gasteiger partial charge in [0.15, 0.2) is 0 Å². The molecule has 0 fully saturated rings. The van der Waals surface area contributed by atoms with E-state index in [0.717, 1.165) is 9.71 Å². The van der Waals surface area contributed by atoms with Crippen LogP contribution in [0.25, 0.3) is 10.2 Å². The maximum atomic E-state index is 9.05. The Morgan fingerprint density at radius 2 is 2.15 bits per heavy atom. The number of fused-ring (bicyclic) bond motifs is 1. The van der Waals surface area contributed by atoms with Gasteiger partial charge in [-0.05, 0) is 13.0 Å². The molecule has 0 aliphatic rings. The van der Waals surface area contributed by atoms with Crippen LogP contribution in [0, 0.1) is 6.92 Å². The lowest BCUT2D eigenvalue weighted by Crippen LogP contribution is -2.30. The van der Waals surface area contributed by atoms with Gasteiger partial charge in [-0.25, -0.2) is 4.98 Å². The number of hydrogen-bond donors (Lipinski definition) is 2. The van der Waals surface area contributed by atoms with Crippen LogP contribution in [0.2, 0.25) is 0 Å². The van der Waals surface area contributed by atoms with Crippen molar-refractivity contribution < 1.29 is 10.0 Å². The van der Waals surface area contributed by atoms with E-state index in [2.05, 4.69) is 4.98 Å². The minimum absolute atomic E-state index is 0.474. The highest BCUT2D eigenvalue weighted by Crippen LogP contribution is 2.19. The van der Waals surface area contributed by atoms with Crippen molar-refractivity contribution in [2.45, 2.75) is 6.92 Å². The van der Waals surface area contributed by atoms with Gasteiger partial charge in [0.1, 0.15) is 0 Å². The molecule has 1 aromatic carbocycles. The quantitative estimate of drug-likeness (QED) is 0.639. The number of rotatable bonds is 1.